The minimum absolute atomic E-state index is 0.921. The maximum absolute atomic E-state index is 5.05. The molecule has 1 aromatic rings. The van der Waals surface area contributed by atoms with E-state index >= 15 is 0 Å². The zero-order chi connectivity index (χ0) is 7.52. The largest absolute Gasteiger partial charge is 0.366 e. The Labute approximate surface area is 64.0 Å². The predicted molar refractivity (Wildman–Crippen MR) is 40.1 cm³/mol. The Bertz CT molecular complexity index is 252. The minimum Gasteiger partial charge on any atom is -0.366 e. The Hall–Kier alpha value is -1.71. The van der Waals surface area contributed by atoms with Crippen molar-refractivity contribution in [2.75, 3.05) is 5.17 Å². The van der Waals surface area contributed by atoms with E-state index < -0.39 is 0 Å². The van der Waals surface area contributed by atoms with E-state index in [9.17, 15) is 0 Å². The second-order valence-electron chi connectivity index (χ2n) is 2.04. The highest BCUT2D eigenvalue weighted by molar-refractivity contribution is 5.41. The molecule has 11 heavy (non-hydrogen) atoms. The van der Waals surface area contributed by atoms with Crippen LogP contribution in [0.15, 0.2) is 37.0 Å². The van der Waals surface area contributed by atoms with Gasteiger partial charge in [0.1, 0.15) is 11.9 Å². The minimum atomic E-state index is 0.921. The third-order valence-electron chi connectivity index (χ3n) is 1.32. The lowest BCUT2D eigenvalue weighted by atomic mass is 10.4. The number of hydrazine groups is 1. The molecule has 1 aliphatic heterocycles. The zero-order valence-electron chi connectivity index (χ0n) is 5.77. The number of nitrogens with one attached hydrogen (secondary N) is 1. The molecule has 1 aliphatic rings. The molecule has 0 atom stereocenters. The van der Waals surface area contributed by atoms with Crippen molar-refractivity contribution in [3.05, 3.63) is 37.0 Å². The molecule has 1 aromatic heterocycles. The van der Waals surface area contributed by atoms with Gasteiger partial charge < -0.3 is 4.84 Å². The van der Waals surface area contributed by atoms with Gasteiger partial charge in [0.05, 0.1) is 6.20 Å². The van der Waals surface area contributed by atoms with Crippen LogP contribution in [0.25, 0.3) is 0 Å². The molecule has 0 spiro atoms. The molecule has 56 valence electrons. The molecular weight excluding hydrogens is 142 g/mol. The summed E-state index contributed by atoms with van der Waals surface area (Å²) in [6.07, 6.45) is 6.69. The highest BCUT2D eigenvalue weighted by atomic mass is 16.7. The molecule has 2 rings (SSSR count). The van der Waals surface area contributed by atoms with E-state index in [2.05, 4.69) is 10.4 Å². The smallest absolute Gasteiger partial charge is 0.139 e. The SMILES string of the molecule is C1=CON(c2ccncc2)N1. The van der Waals surface area contributed by atoms with Gasteiger partial charge in [-0.15, -0.1) is 5.17 Å². The second kappa shape index (κ2) is 2.49. The van der Waals surface area contributed by atoms with Crippen LogP contribution in [-0.4, -0.2) is 4.98 Å². The summed E-state index contributed by atoms with van der Waals surface area (Å²) >= 11 is 0. The van der Waals surface area contributed by atoms with Gasteiger partial charge in [0, 0.05) is 12.4 Å². The molecule has 0 unspecified atom stereocenters. The fourth-order valence-corrected chi connectivity index (χ4v) is 0.835. The average Bonchev–Trinajstić information content (AvgIpc) is 2.58. The van der Waals surface area contributed by atoms with Crippen molar-refractivity contribution in [2.24, 2.45) is 0 Å². The number of hydrogen-bond acceptors (Lipinski definition) is 4. The van der Waals surface area contributed by atoms with Crippen LogP contribution in [0.2, 0.25) is 0 Å². The summed E-state index contributed by atoms with van der Waals surface area (Å²) in [5.74, 6) is 0. The lowest BCUT2D eigenvalue weighted by Gasteiger charge is -2.15. The first kappa shape index (κ1) is 6.03. The van der Waals surface area contributed by atoms with Crippen molar-refractivity contribution < 1.29 is 4.84 Å². The van der Waals surface area contributed by atoms with Crippen LogP contribution < -0.4 is 10.6 Å². The highest BCUT2D eigenvalue weighted by Crippen LogP contribution is 2.12. The first-order valence-electron chi connectivity index (χ1n) is 3.25. The molecule has 0 amide bonds. The third kappa shape index (κ3) is 1.10. The number of aromatic nitrogens is 1. The summed E-state index contributed by atoms with van der Waals surface area (Å²) < 4.78 is 0. The van der Waals surface area contributed by atoms with Crippen LogP contribution in [0, 0.1) is 0 Å². The zero-order valence-corrected chi connectivity index (χ0v) is 5.77. The molecule has 0 saturated heterocycles. The molecule has 4 nitrogen and oxygen atoms in total. The van der Waals surface area contributed by atoms with E-state index in [4.69, 9.17) is 4.84 Å². The van der Waals surface area contributed by atoms with Crippen LogP contribution in [0.3, 0.4) is 0 Å². The summed E-state index contributed by atoms with van der Waals surface area (Å²) in [6.45, 7) is 0. The van der Waals surface area contributed by atoms with Gasteiger partial charge >= 0.3 is 0 Å². The van der Waals surface area contributed by atoms with Gasteiger partial charge in [-0.05, 0) is 12.1 Å². The van der Waals surface area contributed by atoms with Crippen LogP contribution in [-0.2, 0) is 4.84 Å². The van der Waals surface area contributed by atoms with Crippen molar-refractivity contribution in [3.8, 4) is 0 Å². The van der Waals surface area contributed by atoms with E-state index in [1.54, 1.807) is 30.0 Å². The summed E-state index contributed by atoms with van der Waals surface area (Å²) in [7, 11) is 0. The van der Waals surface area contributed by atoms with Crippen LogP contribution >= 0.6 is 0 Å². The molecule has 2 heterocycles. The van der Waals surface area contributed by atoms with E-state index in [0.29, 0.717) is 0 Å². The molecule has 0 aliphatic carbocycles. The van der Waals surface area contributed by atoms with Gasteiger partial charge in [-0.2, -0.15) is 0 Å². The summed E-state index contributed by atoms with van der Waals surface area (Å²) in [6, 6.07) is 3.69. The monoisotopic (exact) mass is 149 g/mol. The normalized spacial score (nSPS) is 14.4. The lowest BCUT2D eigenvalue weighted by molar-refractivity contribution is 0.221. The lowest BCUT2D eigenvalue weighted by Crippen LogP contribution is -2.27. The second-order valence-corrected chi connectivity index (χ2v) is 2.04. The molecule has 1 N–H and O–H groups in total. The molecule has 0 bridgehead atoms. The Morgan fingerprint density at radius 2 is 2.18 bits per heavy atom. The molecule has 0 fully saturated rings. The van der Waals surface area contributed by atoms with Crippen molar-refractivity contribution in [2.45, 2.75) is 0 Å². The van der Waals surface area contributed by atoms with Gasteiger partial charge in [-0.3, -0.25) is 10.4 Å². The van der Waals surface area contributed by atoms with Crippen LogP contribution in [0.5, 0.6) is 0 Å². The van der Waals surface area contributed by atoms with E-state index in [1.165, 1.54) is 0 Å². The first-order valence-corrected chi connectivity index (χ1v) is 3.25. The van der Waals surface area contributed by atoms with Crippen molar-refractivity contribution in [1.82, 2.24) is 10.4 Å². The van der Waals surface area contributed by atoms with E-state index in [0.717, 1.165) is 5.69 Å². The Morgan fingerprint density at radius 1 is 1.36 bits per heavy atom. The Kier molecular flexibility index (Phi) is 1.37. The number of hydrogen-bond donors (Lipinski definition) is 1. The van der Waals surface area contributed by atoms with Crippen LogP contribution in [0.4, 0.5) is 5.69 Å². The maximum Gasteiger partial charge on any atom is 0.139 e. The van der Waals surface area contributed by atoms with Gasteiger partial charge in [-0.25, -0.2) is 0 Å². The predicted octanol–water partition coefficient (Wildman–Crippen LogP) is 0.809. The maximum atomic E-state index is 5.05. The molecule has 0 aromatic carbocycles. The molecular formula is C7H7N3O. The fourth-order valence-electron chi connectivity index (χ4n) is 0.835. The Morgan fingerprint density at radius 3 is 2.82 bits per heavy atom. The van der Waals surface area contributed by atoms with Gasteiger partial charge in [0.15, 0.2) is 0 Å². The summed E-state index contributed by atoms with van der Waals surface area (Å²) in [5.41, 5.74) is 3.80. The summed E-state index contributed by atoms with van der Waals surface area (Å²) in [4.78, 5) is 8.94. The van der Waals surface area contributed by atoms with Crippen molar-refractivity contribution in [1.29, 1.82) is 0 Å². The number of anilines is 1. The third-order valence-corrected chi connectivity index (χ3v) is 1.32. The number of pyridine rings is 1. The van der Waals surface area contributed by atoms with Gasteiger partial charge in [0.2, 0.25) is 0 Å². The molecule has 0 radical (unpaired) electrons. The van der Waals surface area contributed by atoms with Crippen LogP contribution in [0.1, 0.15) is 0 Å². The summed E-state index contributed by atoms with van der Waals surface area (Å²) in [5, 5.41) is 1.54. The van der Waals surface area contributed by atoms with Crippen molar-refractivity contribution in [3.63, 3.8) is 0 Å². The fraction of sp³-hybridized carbons (Fsp3) is 0. The van der Waals surface area contributed by atoms with E-state index in [-0.39, 0.29) is 0 Å². The number of rotatable bonds is 1. The topological polar surface area (TPSA) is 37.4 Å². The average molecular weight is 149 g/mol. The Balaban J connectivity index is 2.17. The quantitative estimate of drug-likeness (QED) is 0.641. The number of nitrogens with zero attached hydrogens (tertiary/aromatic N) is 2. The molecule has 4 heteroatoms. The standard InChI is InChI=1S/C7H7N3O/c1-3-8-4-2-7(1)10-9-5-6-11-10/h1-6,9H. The first-order chi connectivity index (χ1) is 5.47. The van der Waals surface area contributed by atoms with Crippen molar-refractivity contribution >= 4 is 5.69 Å². The van der Waals surface area contributed by atoms with E-state index in [1.807, 2.05) is 12.1 Å². The van der Waals surface area contributed by atoms with Gasteiger partial charge in [0.25, 0.3) is 0 Å². The molecule has 0 saturated carbocycles. The highest BCUT2D eigenvalue weighted by Gasteiger charge is 2.06. The van der Waals surface area contributed by atoms with Gasteiger partial charge in [-0.1, -0.05) is 0 Å².